The molecule has 1 fully saturated rings. The molecule has 0 spiro atoms. The molecule has 0 radical (unpaired) electrons. The number of piperidine rings is 1. The third kappa shape index (κ3) is 4.73. The smallest absolute Gasteiger partial charge is 0.407 e. The molecular formula is C18H27NO5S. The Morgan fingerprint density at radius 2 is 1.88 bits per heavy atom. The highest BCUT2D eigenvalue weighted by atomic mass is 32.2. The number of hydrogen-bond donors (Lipinski definition) is 1. The van der Waals surface area contributed by atoms with Crippen molar-refractivity contribution in [1.29, 1.82) is 0 Å². The number of hydrogen-bond acceptors (Lipinski definition) is 4. The van der Waals surface area contributed by atoms with Gasteiger partial charge in [-0.05, 0) is 37.3 Å². The van der Waals surface area contributed by atoms with Crippen LogP contribution in [0.5, 0.6) is 0 Å². The van der Waals surface area contributed by atoms with Gasteiger partial charge in [-0.3, -0.25) is 4.18 Å². The Morgan fingerprint density at radius 3 is 2.40 bits per heavy atom. The molecule has 2 atom stereocenters. The summed E-state index contributed by atoms with van der Waals surface area (Å²) in [6, 6.07) is 6.21. The zero-order chi connectivity index (χ0) is 18.8. The van der Waals surface area contributed by atoms with Crippen LogP contribution in [-0.2, 0) is 14.3 Å². The van der Waals surface area contributed by atoms with Crippen molar-refractivity contribution in [2.75, 3.05) is 13.2 Å². The van der Waals surface area contributed by atoms with E-state index in [1.165, 1.54) is 17.0 Å². The third-order valence-electron chi connectivity index (χ3n) is 4.64. The molecule has 0 saturated carbocycles. The van der Waals surface area contributed by atoms with Crippen LogP contribution in [0.1, 0.15) is 39.2 Å². The van der Waals surface area contributed by atoms with Crippen LogP contribution in [0.25, 0.3) is 0 Å². The Labute approximate surface area is 149 Å². The van der Waals surface area contributed by atoms with Gasteiger partial charge in [-0.1, -0.05) is 38.5 Å². The van der Waals surface area contributed by atoms with Crippen LogP contribution >= 0.6 is 0 Å². The van der Waals surface area contributed by atoms with Crippen molar-refractivity contribution in [3.63, 3.8) is 0 Å². The molecule has 7 heteroatoms. The van der Waals surface area contributed by atoms with Gasteiger partial charge in [0.25, 0.3) is 10.1 Å². The molecule has 1 N–H and O–H groups in total. The van der Waals surface area contributed by atoms with Crippen LogP contribution in [0.3, 0.4) is 0 Å². The van der Waals surface area contributed by atoms with Crippen molar-refractivity contribution in [1.82, 2.24) is 4.90 Å². The summed E-state index contributed by atoms with van der Waals surface area (Å²) >= 11 is 0. The Hall–Kier alpha value is -1.60. The lowest BCUT2D eigenvalue weighted by molar-refractivity contribution is 0.00772. The lowest BCUT2D eigenvalue weighted by Crippen LogP contribution is -2.55. The molecule has 1 amide bonds. The van der Waals surface area contributed by atoms with E-state index < -0.39 is 16.2 Å². The fourth-order valence-electron chi connectivity index (χ4n) is 3.59. The number of likely N-dealkylation sites (tertiary alicyclic amines) is 1. The van der Waals surface area contributed by atoms with E-state index in [9.17, 15) is 18.3 Å². The van der Waals surface area contributed by atoms with Gasteiger partial charge in [0, 0.05) is 18.5 Å². The van der Waals surface area contributed by atoms with Gasteiger partial charge < -0.3 is 10.0 Å². The minimum Gasteiger partial charge on any atom is -0.465 e. The summed E-state index contributed by atoms with van der Waals surface area (Å²) in [4.78, 5) is 13.1. The Bertz CT molecular complexity index is 706. The van der Waals surface area contributed by atoms with Gasteiger partial charge in [-0.25, -0.2) is 4.79 Å². The van der Waals surface area contributed by atoms with E-state index in [-0.39, 0.29) is 28.9 Å². The summed E-state index contributed by atoms with van der Waals surface area (Å²) in [7, 11) is -3.85. The predicted molar refractivity (Wildman–Crippen MR) is 95.0 cm³/mol. The van der Waals surface area contributed by atoms with E-state index in [1.54, 1.807) is 12.1 Å². The highest BCUT2D eigenvalue weighted by Crippen LogP contribution is 2.36. The predicted octanol–water partition coefficient (Wildman–Crippen LogP) is 3.51. The van der Waals surface area contributed by atoms with Crippen LogP contribution in [0.15, 0.2) is 29.2 Å². The molecule has 0 aromatic heterocycles. The van der Waals surface area contributed by atoms with Gasteiger partial charge in [0.1, 0.15) is 0 Å². The summed E-state index contributed by atoms with van der Waals surface area (Å²) in [5.41, 5.74) is 0.664. The number of amides is 1. The average molecular weight is 369 g/mol. The minimum atomic E-state index is -3.85. The maximum absolute atomic E-state index is 12.4. The molecule has 1 aliphatic heterocycles. The summed E-state index contributed by atoms with van der Waals surface area (Å²) in [6.45, 7) is 8.26. The Morgan fingerprint density at radius 1 is 1.28 bits per heavy atom. The molecule has 2 rings (SSSR count). The van der Waals surface area contributed by atoms with Crippen molar-refractivity contribution in [2.24, 2.45) is 11.3 Å². The second-order valence-electron chi connectivity index (χ2n) is 7.74. The normalized spacial score (nSPS) is 22.0. The molecule has 140 valence electrons. The first-order valence-electron chi connectivity index (χ1n) is 8.48. The SMILES string of the molecule is Cc1ccc(S(=O)(=O)OC[C@@H]2CCCN(C(=O)O)C2C(C)(C)C)cc1. The summed E-state index contributed by atoms with van der Waals surface area (Å²) in [5, 5.41) is 9.49. The second-order valence-corrected chi connectivity index (χ2v) is 9.36. The van der Waals surface area contributed by atoms with Crippen LogP contribution in [-0.4, -0.2) is 43.7 Å². The molecule has 6 nitrogen and oxygen atoms in total. The standard InChI is InChI=1S/C18H27NO5S/c1-13-7-9-15(10-8-13)25(22,23)24-12-14-6-5-11-19(17(20)21)16(14)18(2,3)4/h7-10,14,16H,5-6,11-12H2,1-4H3,(H,20,21)/t14-,16?/m0/s1. The zero-order valence-corrected chi connectivity index (χ0v) is 16.0. The molecule has 0 bridgehead atoms. The number of nitrogens with zero attached hydrogens (tertiary/aromatic N) is 1. The molecule has 1 unspecified atom stereocenters. The van der Waals surface area contributed by atoms with Gasteiger partial charge in [0.05, 0.1) is 11.5 Å². The van der Waals surface area contributed by atoms with Crippen molar-refractivity contribution in [3.05, 3.63) is 29.8 Å². The number of aryl methyl sites for hydroxylation is 1. The molecule has 1 aliphatic rings. The number of rotatable bonds is 4. The first kappa shape index (κ1) is 19.7. The fraction of sp³-hybridized carbons (Fsp3) is 0.611. The average Bonchev–Trinajstić information content (AvgIpc) is 2.52. The third-order valence-corrected chi connectivity index (χ3v) is 5.93. The van der Waals surface area contributed by atoms with Gasteiger partial charge in [-0.15, -0.1) is 0 Å². The van der Waals surface area contributed by atoms with E-state index in [0.29, 0.717) is 13.0 Å². The van der Waals surface area contributed by atoms with Crippen molar-refractivity contribution in [2.45, 2.75) is 51.5 Å². The van der Waals surface area contributed by atoms with E-state index in [0.717, 1.165) is 12.0 Å². The first-order chi connectivity index (χ1) is 11.5. The molecular weight excluding hydrogens is 342 g/mol. The van der Waals surface area contributed by atoms with E-state index in [1.807, 2.05) is 27.7 Å². The fourth-order valence-corrected chi connectivity index (χ4v) is 4.55. The van der Waals surface area contributed by atoms with E-state index in [2.05, 4.69) is 0 Å². The summed E-state index contributed by atoms with van der Waals surface area (Å²) in [6.07, 6.45) is 0.484. The monoisotopic (exact) mass is 369 g/mol. The lowest BCUT2D eigenvalue weighted by Gasteiger charge is -2.46. The van der Waals surface area contributed by atoms with Gasteiger partial charge >= 0.3 is 6.09 Å². The van der Waals surface area contributed by atoms with Crippen LogP contribution in [0, 0.1) is 18.3 Å². The molecule has 1 saturated heterocycles. The van der Waals surface area contributed by atoms with Crippen LogP contribution < -0.4 is 0 Å². The van der Waals surface area contributed by atoms with Gasteiger partial charge in [-0.2, -0.15) is 8.42 Å². The van der Waals surface area contributed by atoms with E-state index in [4.69, 9.17) is 4.18 Å². The summed E-state index contributed by atoms with van der Waals surface area (Å²) in [5.74, 6) is -0.162. The zero-order valence-electron chi connectivity index (χ0n) is 15.2. The second kappa shape index (κ2) is 7.33. The molecule has 0 aliphatic carbocycles. The maximum Gasteiger partial charge on any atom is 0.407 e. The molecule has 1 aromatic carbocycles. The van der Waals surface area contributed by atoms with E-state index >= 15 is 0 Å². The topological polar surface area (TPSA) is 83.9 Å². The summed E-state index contributed by atoms with van der Waals surface area (Å²) < 4.78 is 30.1. The highest BCUT2D eigenvalue weighted by Gasteiger charge is 2.42. The first-order valence-corrected chi connectivity index (χ1v) is 9.89. The quantitative estimate of drug-likeness (QED) is 0.821. The Kier molecular flexibility index (Phi) is 5.79. The molecule has 1 heterocycles. The molecule has 1 aromatic rings. The minimum absolute atomic E-state index is 0.0120. The Balaban J connectivity index is 2.16. The number of carbonyl (C=O) groups is 1. The number of carboxylic acid groups (broad SMARTS) is 1. The highest BCUT2D eigenvalue weighted by molar-refractivity contribution is 7.86. The largest absolute Gasteiger partial charge is 0.465 e. The van der Waals surface area contributed by atoms with Crippen molar-refractivity contribution >= 4 is 16.2 Å². The van der Waals surface area contributed by atoms with Crippen LogP contribution in [0.2, 0.25) is 0 Å². The van der Waals surface area contributed by atoms with Gasteiger partial charge in [0.15, 0.2) is 0 Å². The number of benzene rings is 1. The van der Waals surface area contributed by atoms with Crippen molar-refractivity contribution < 1.29 is 22.5 Å². The maximum atomic E-state index is 12.4. The lowest BCUT2D eigenvalue weighted by atomic mass is 9.74. The van der Waals surface area contributed by atoms with Gasteiger partial charge in [0.2, 0.25) is 0 Å². The van der Waals surface area contributed by atoms with Crippen LogP contribution in [0.4, 0.5) is 4.79 Å². The van der Waals surface area contributed by atoms with Crippen molar-refractivity contribution in [3.8, 4) is 0 Å². The molecule has 25 heavy (non-hydrogen) atoms.